The fraction of sp³-hybridized carbons (Fsp3) is 0.438. The Bertz CT molecular complexity index is 789. The van der Waals surface area contributed by atoms with Crippen molar-refractivity contribution in [2.24, 2.45) is 0 Å². The summed E-state index contributed by atoms with van der Waals surface area (Å²) < 4.78 is 92.6. The lowest BCUT2D eigenvalue weighted by atomic mass is 9.86. The molecule has 1 aromatic carbocycles. The molecule has 0 spiro atoms. The first-order chi connectivity index (χ1) is 10.7. The van der Waals surface area contributed by atoms with Crippen LogP contribution in [0.1, 0.15) is 27.9 Å². The van der Waals surface area contributed by atoms with Crippen molar-refractivity contribution in [3.05, 3.63) is 40.1 Å². The Labute approximate surface area is 133 Å². The second-order valence-corrected chi connectivity index (χ2v) is 5.79. The Morgan fingerprint density at radius 3 is 1.71 bits per heavy atom. The monoisotopic (exact) mass is 353 g/mol. The van der Waals surface area contributed by atoms with Crippen molar-refractivity contribution in [1.29, 1.82) is 0 Å². The van der Waals surface area contributed by atoms with Crippen molar-refractivity contribution in [2.75, 3.05) is 0 Å². The van der Waals surface area contributed by atoms with Crippen LogP contribution >= 0.6 is 0 Å². The Morgan fingerprint density at radius 1 is 0.750 bits per heavy atom. The first kappa shape index (κ1) is 18.5. The van der Waals surface area contributed by atoms with Gasteiger partial charge in [-0.3, -0.25) is 4.98 Å². The lowest BCUT2D eigenvalue weighted by Gasteiger charge is -2.32. The predicted octanol–water partition coefficient (Wildman–Crippen LogP) is 5.76. The van der Waals surface area contributed by atoms with Gasteiger partial charge in [0.1, 0.15) is 0 Å². The van der Waals surface area contributed by atoms with E-state index in [0.717, 1.165) is 6.92 Å². The van der Waals surface area contributed by atoms with Gasteiger partial charge in [-0.1, -0.05) is 0 Å². The fourth-order valence-corrected chi connectivity index (χ4v) is 2.60. The molecular weight excluding hydrogens is 339 g/mol. The average Bonchev–Trinajstić information content (AvgIpc) is 2.42. The lowest BCUT2D eigenvalue weighted by molar-refractivity contribution is -0.348. The molecule has 8 heteroatoms. The van der Waals surface area contributed by atoms with Crippen LogP contribution in [-0.2, 0) is 5.67 Å². The Kier molecular flexibility index (Phi) is 4.10. The number of fused-ring (bicyclic) bond motifs is 1. The third kappa shape index (κ3) is 2.52. The van der Waals surface area contributed by atoms with Crippen LogP contribution in [0, 0.1) is 27.7 Å². The van der Waals surface area contributed by atoms with E-state index in [1.165, 1.54) is 13.0 Å². The third-order valence-corrected chi connectivity index (χ3v) is 4.27. The van der Waals surface area contributed by atoms with E-state index < -0.39 is 29.1 Å². The summed E-state index contributed by atoms with van der Waals surface area (Å²) in [5.41, 5.74) is -5.79. The molecule has 2 rings (SSSR count). The highest BCUT2D eigenvalue weighted by atomic mass is 19.4. The molecular formula is C16H14F7N. The highest BCUT2D eigenvalue weighted by Gasteiger charge is 2.74. The van der Waals surface area contributed by atoms with Crippen LogP contribution < -0.4 is 0 Å². The van der Waals surface area contributed by atoms with Crippen LogP contribution in [-0.4, -0.2) is 17.3 Å². The number of aromatic nitrogens is 1. The number of alkyl halides is 7. The summed E-state index contributed by atoms with van der Waals surface area (Å²) >= 11 is 0. The summed E-state index contributed by atoms with van der Waals surface area (Å²) in [7, 11) is 0. The van der Waals surface area contributed by atoms with E-state index >= 15 is 0 Å². The molecule has 1 nitrogen and oxygen atoms in total. The molecule has 0 radical (unpaired) electrons. The van der Waals surface area contributed by atoms with Gasteiger partial charge in [-0.15, -0.1) is 0 Å². The molecule has 0 saturated carbocycles. The van der Waals surface area contributed by atoms with Gasteiger partial charge in [-0.05, 0) is 56.5 Å². The molecule has 0 N–H and O–H groups in total. The molecule has 1 aromatic heterocycles. The van der Waals surface area contributed by atoms with E-state index in [4.69, 9.17) is 0 Å². The van der Waals surface area contributed by atoms with Crippen LogP contribution in [0.3, 0.4) is 0 Å². The molecule has 0 fully saturated rings. The number of hydrogen-bond donors (Lipinski definition) is 0. The van der Waals surface area contributed by atoms with E-state index in [1.807, 2.05) is 0 Å². The molecule has 0 bridgehead atoms. The van der Waals surface area contributed by atoms with Gasteiger partial charge in [0, 0.05) is 16.6 Å². The van der Waals surface area contributed by atoms with E-state index in [0.29, 0.717) is 17.3 Å². The molecule has 2 aromatic rings. The van der Waals surface area contributed by atoms with Gasteiger partial charge in [-0.2, -0.15) is 26.3 Å². The van der Waals surface area contributed by atoms with E-state index in [1.54, 1.807) is 13.8 Å². The maximum Gasteiger partial charge on any atom is 0.435 e. The van der Waals surface area contributed by atoms with Crippen LogP contribution in [0.5, 0.6) is 0 Å². The van der Waals surface area contributed by atoms with E-state index in [9.17, 15) is 30.7 Å². The van der Waals surface area contributed by atoms with Gasteiger partial charge in [0.25, 0.3) is 0 Å². The Hall–Kier alpha value is -1.86. The van der Waals surface area contributed by atoms with Gasteiger partial charge < -0.3 is 0 Å². The van der Waals surface area contributed by atoms with Crippen molar-refractivity contribution < 1.29 is 30.7 Å². The number of aryl methyl sites for hydroxylation is 3. The molecule has 0 amide bonds. The first-order valence-electron chi connectivity index (χ1n) is 6.92. The molecule has 24 heavy (non-hydrogen) atoms. The molecule has 1 heterocycles. The van der Waals surface area contributed by atoms with Crippen LogP contribution in [0.25, 0.3) is 10.9 Å². The molecule has 0 saturated heterocycles. The Morgan fingerprint density at radius 2 is 1.25 bits per heavy atom. The molecule has 0 aliphatic carbocycles. The third-order valence-electron chi connectivity index (χ3n) is 4.27. The van der Waals surface area contributed by atoms with Crippen LogP contribution in [0.4, 0.5) is 30.7 Å². The minimum absolute atomic E-state index is 0.0340. The highest BCUT2D eigenvalue weighted by molar-refractivity contribution is 5.85. The summed E-state index contributed by atoms with van der Waals surface area (Å²) in [5.74, 6) is 0. The van der Waals surface area contributed by atoms with Gasteiger partial charge in [-0.25, -0.2) is 4.39 Å². The standard InChI is InChI=1S/C16H14F7N/c1-7-5-11-6-12(8(2)9(3)13(11)24-10(7)4)14(17,15(18,19)20)16(21,22)23/h5-6H,1-4H3. The maximum atomic E-state index is 14.4. The lowest BCUT2D eigenvalue weighted by Crippen LogP contribution is -2.50. The zero-order valence-corrected chi connectivity index (χ0v) is 13.2. The zero-order valence-electron chi connectivity index (χ0n) is 13.2. The topological polar surface area (TPSA) is 12.9 Å². The van der Waals surface area contributed by atoms with Gasteiger partial charge in [0.15, 0.2) is 0 Å². The first-order valence-corrected chi connectivity index (χ1v) is 6.92. The van der Waals surface area contributed by atoms with Crippen molar-refractivity contribution in [3.8, 4) is 0 Å². The number of benzene rings is 1. The summed E-state index contributed by atoms with van der Waals surface area (Å²) in [6, 6.07) is 2.00. The molecule has 0 aliphatic rings. The predicted molar refractivity (Wildman–Crippen MR) is 75.6 cm³/mol. The maximum absolute atomic E-state index is 14.4. The summed E-state index contributed by atoms with van der Waals surface area (Å²) in [6.07, 6.45) is -12.3. The van der Waals surface area contributed by atoms with Gasteiger partial charge >= 0.3 is 18.0 Å². The van der Waals surface area contributed by atoms with Gasteiger partial charge in [0.2, 0.25) is 0 Å². The molecule has 0 unspecified atom stereocenters. The quantitative estimate of drug-likeness (QED) is 0.594. The SMILES string of the molecule is Cc1cc2cc(C(F)(C(F)(F)F)C(F)(F)F)c(C)c(C)c2nc1C. The number of nitrogens with zero attached hydrogens (tertiary/aromatic N) is 1. The molecule has 0 atom stereocenters. The van der Waals surface area contributed by atoms with Crippen molar-refractivity contribution >= 4 is 10.9 Å². The summed E-state index contributed by atoms with van der Waals surface area (Å²) in [4.78, 5) is 4.20. The molecule has 132 valence electrons. The molecule has 0 aliphatic heterocycles. The van der Waals surface area contributed by atoms with E-state index in [-0.39, 0.29) is 16.5 Å². The smallest absolute Gasteiger partial charge is 0.253 e. The van der Waals surface area contributed by atoms with Gasteiger partial charge in [0.05, 0.1) is 5.52 Å². The minimum Gasteiger partial charge on any atom is -0.253 e. The van der Waals surface area contributed by atoms with Crippen LogP contribution in [0.15, 0.2) is 12.1 Å². The number of halogens is 7. The van der Waals surface area contributed by atoms with Crippen molar-refractivity contribution in [1.82, 2.24) is 4.98 Å². The number of rotatable bonds is 1. The second kappa shape index (κ2) is 5.32. The Balaban J connectivity index is 2.95. The zero-order chi connectivity index (χ0) is 18.7. The second-order valence-electron chi connectivity index (χ2n) is 5.79. The van der Waals surface area contributed by atoms with Crippen molar-refractivity contribution in [3.63, 3.8) is 0 Å². The van der Waals surface area contributed by atoms with Crippen molar-refractivity contribution in [2.45, 2.75) is 45.7 Å². The largest absolute Gasteiger partial charge is 0.435 e. The summed E-state index contributed by atoms with van der Waals surface area (Å²) in [5, 5.41) is 0.0340. The number of hydrogen-bond acceptors (Lipinski definition) is 1. The number of pyridine rings is 1. The normalized spacial score (nSPS) is 13.6. The average molecular weight is 353 g/mol. The highest BCUT2D eigenvalue weighted by Crippen LogP contribution is 2.54. The fourth-order valence-electron chi connectivity index (χ4n) is 2.60. The summed E-state index contributed by atoms with van der Waals surface area (Å²) in [6.45, 7) is 5.65. The minimum atomic E-state index is -6.14. The van der Waals surface area contributed by atoms with E-state index in [2.05, 4.69) is 4.98 Å². The van der Waals surface area contributed by atoms with Crippen LogP contribution in [0.2, 0.25) is 0 Å².